The van der Waals surface area contributed by atoms with Crippen molar-refractivity contribution >= 4 is 17.7 Å². The highest BCUT2D eigenvalue weighted by Gasteiger charge is 2.43. The van der Waals surface area contributed by atoms with Crippen molar-refractivity contribution in [1.29, 1.82) is 0 Å². The number of anilines is 1. The van der Waals surface area contributed by atoms with Gasteiger partial charge < -0.3 is 26.4 Å². The minimum atomic E-state index is -0.749. The standard InChI is InChI=1S/C24H33N5O2/c1-16(2)13-24(4)21(30)29(22(25)28-24)15-19-10-8-18(9-11-19)14-26-23(31)27-20-7-5-6-17(3)12-20/h5-12,16,21,30H,13-15H2,1-4H3,(H2,25,28)(H2,26,27,31). The molecule has 0 spiro atoms. The van der Waals surface area contributed by atoms with Crippen LogP contribution in [-0.2, 0) is 13.1 Å². The van der Waals surface area contributed by atoms with E-state index in [1.54, 1.807) is 4.90 Å². The molecule has 31 heavy (non-hydrogen) atoms. The number of guanidine groups is 1. The van der Waals surface area contributed by atoms with Crippen LogP contribution in [-0.4, -0.2) is 33.8 Å². The van der Waals surface area contributed by atoms with Gasteiger partial charge in [0.15, 0.2) is 12.2 Å². The van der Waals surface area contributed by atoms with E-state index in [2.05, 4.69) is 29.5 Å². The quantitative estimate of drug-likeness (QED) is 0.547. The summed E-state index contributed by atoms with van der Waals surface area (Å²) >= 11 is 0. The van der Waals surface area contributed by atoms with Crippen molar-refractivity contribution in [2.45, 2.75) is 59.0 Å². The molecule has 2 aromatic carbocycles. The van der Waals surface area contributed by atoms with E-state index < -0.39 is 11.8 Å². The lowest BCUT2D eigenvalue weighted by Gasteiger charge is -2.32. The molecule has 0 fully saturated rings. The van der Waals surface area contributed by atoms with Crippen LogP contribution in [0.4, 0.5) is 10.5 Å². The first-order valence-electron chi connectivity index (χ1n) is 10.7. The molecule has 0 saturated carbocycles. The first-order chi connectivity index (χ1) is 14.7. The molecule has 2 atom stereocenters. The topological polar surface area (TPSA) is 103 Å². The summed E-state index contributed by atoms with van der Waals surface area (Å²) in [5.74, 6) is 0.778. The van der Waals surface area contributed by atoms with E-state index in [0.29, 0.717) is 25.0 Å². The second-order valence-corrected chi connectivity index (χ2v) is 8.92. The summed E-state index contributed by atoms with van der Waals surface area (Å²) in [4.78, 5) is 18.4. The van der Waals surface area contributed by atoms with Gasteiger partial charge in [-0.2, -0.15) is 0 Å². The van der Waals surface area contributed by atoms with Crippen molar-refractivity contribution in [3.05, 3.63) is 65.2 Å². The Kier molecular flexibility index (Phi) is 6.85. The van der Waals surface area contributed by atoms with Gasteiger partial charge in [0.1, 0.15) is 5.54 Å². The fourth-order valence-electron chi connectivity index (χ4n) is 4.03. The van der Waals surface area contributed by atoms with Crippen LogP contribution < -0.4 is 16.4 Å². The first-order valence-corrected chi connectivity index (χ1v) is 10.7. The molecule has 0 aliphatic carbocycles. The maximum Gasteiger partial charge on any atom is 0.319 e. The van der Waals surface area contributed by atoms with Gasteiger partial charge in [-0.3, -0.25) is 0 Å². The number of aryl methyl sites for hydroxylation is 1. The number of amides is 2. The van der Waals surface area contributed by atoms with Crippen LogP contribution in [0.1, 0.15) is 43.9 Å². The van der Waals surface area contributed by atoms with Crippen LogP contribution in [0.3, 0.4) is 0 Å². The Bertz CT molecular complexity index is 941. The highest BCUT2D eigenvalue weighted by atomic mass is 16.3. The van der Waals surface area contributed by atoms with Crippen LogP contribution in [0.25, 0.3) is 0 Å². The Morgan fingerprint density at radius 1 is 1.23 bits per heavy atom. The number of hydrogen-bond donors (Lipinski definition) is 4. The Morgan fingerprint density at radius 2 is 1.90 bits per heavy atom. The molecule has 166 valence electrons. The summed E-state index contributed by atoms with van der Waals surface area (Å²) < 4.78 is 0. The van der Waals surface area contributed by atoms with Gasteiger partial charge >= 0.3 is 6.03 Å². The van der Waals surface area contributed by atoms with E-state index in [1.165, 1.54) is 0 Å². The molecule has 7 nitrogen and oxygen atoms in total. The Balaban J connectivity index is 1.53. The lowest BCUT2D eigenvalue weighted by atomic mass is 9.90. The van der Waals surface area contributed by atoms with E-state index in [4.69, 9.17) is 5.73 Å². The van der Waals surface area contributed by atoms with Crippen molar-refractivity contribution in [3.63, 3.8) is 0 Å². The number of urea groups is 1. The average molecular weight is 424 g/mol. The number of aliphatic hydroxyl groups is 1. The second-order valence-electron chi connectivity index (χ2n) is 8.92. The van der Waals surface area contributed by atoms with Gasteiger partial charge in [-0.1, -0.05) is 50.2 Å². The molecule has 0 radical (unpaired) electrons. The highest BCUT2D eigenvalue weighted by Crippen LogP contribution is 2.32. The number of nitrogens with zero attached hydrogens (tertiary/aromatic N) is 2. The molecule has 7 heteroatoms. The van der Waals surface area contributed by atoms with Crippen molar-refractivity contribution in [3.8, 4) is 0 Å². The molecule has 3 rings (SSSR count). The van der Waals surface area contributed by atoms with E-state index in [-0.39, 0.29) is 6.03 Å². The molecule has 2 amide bonds. The van der Waals surface area contributed by atoms with Crippen LogP contribution in [0.5, 0.6) is 0 Å². The fourth-order valence-corrected chi connectivity index (χ4v) is 4.03. The lowest BCUT2D eigenvalue weighted by molar-refractivity contribution is 0.000219. The van der Waals surface area contributed by atoms with Crippen molar-refractivity contribution < 1.29 is 9.90 Å². The molecule has 0 aromatic heterocycles. The SMILES string of the molecule is Cc1cccc(NC(=O)NCc2ccc(CN3C(N)=NC(C)(CC(C)C)C3O)cc2)c1. The largest absolute Gasteiger partial charge is 0.371 e. The first kappa shape index (κ1) is 22.6. The zero-order valence-corrected chi connectivity index (χ0v) is 18.7. The minimum absolute atomic E-state index is 0.247. The maximum atomic E-state index is 12.1. The predicted octanol–water partition coefficient (Wildman–Crippen LogP) is 3.57. The van der Waals surface area contributed by atoms with Gasteiger partial charge in [-0.15, -0.1) is 0 Å². The Labute approximate surface area is 184 Å². The van der Waals surface area contributed by atoms with Gasteiger partial charge in [0.25, 0.3) is 0 Å². The van der Waals surface area contributed by atoms with Crippen LogP contribution in [0.2, 0.25) is 0 Å². The average Bonchev–Trinajstić information content (AvgIpc) is 2.89. The summed E-state index contributed by atoms with van der Waals surface area (Å²) in [6.07, 6.45) is 0.0159. The van der Waals surface area contributed by atoms with E-state index >= 15 is 0 Å². The zero-order chi connectivity index (χ0) is 22.6. The normalized spacial score (nSPS) is 20.6. The number of nitrogens with two attached hydrogens (primary N) is 1. The molecule has 0 bridgehead atoms. The summed E-state index contributed by atoms with van der Waals surface area (Å²) in [6.45, 7) is 9.05. The Hall–Kier alpha value is -3.06. The molecule has 1 aliphatic heterocycles. The van der Waals surface area contributed by atoms with E-state index in [1.807, 2.05) is 62.4 Å². The molecular formula is C24H33N5O2. The Morgan fingerprint density at radius 3 is 2.55 bits per heavy atom. The molecule has 1 aliphatic rings. The molecular weight excluding hydrogens is 390 g/mol. The summed E-state index contributed by atoms with van der Waals surface area (Å²) in [5, 5.41) is 16.5. The third-order valence-corrected chi connectivity index (χ3v) is 5.44. The second kappa shape index (κ2) is 9.39. The van der Waals surface area contributed by atoms with Crippen LogP contribution in [0.15, 0.2) is 53.5 Å². The van der Waals surface area contributed by atoms with Gasteiger partial charge in [-0.25, -0.2) is 9.79 Å². The number of hydrogen-bond acceptors (Lipinski definition) is 5. The molecule has 2 unspecified atom stereocenters. The van der Waals surface area contributed by atoms with Crippen molar-refractivity contribution in [1.82, 2.24) is 10.2 Å². The summed E-state index contributed by atoms with van der Waals surface area (Å²) in [5.41, 5.74) is 9.37. The molecule has 1 heterocycles. The monoisotopic (exact) mass is 423 g/mol. The maximum absolute atomic E-state index is 12.1. The number of aliphatic hydroxyl groups excluding tert-OH is 1. The van der Waals surface area contributed by atoms with Crippen LogP contribution in [0, 0.1) is 12.8 Å². The van der Waals surface area contributed by atoms with Crippen LogP contribution >= 0.6 is 0 Å². The van der Waals surface area contributed by atoms with Gasteiger partial charge in [0.05, 0.1) is 0 Å². The van der Waals surface area contributed by atoms with E-state index in [9.17, 15) is 9.90 Å². The number of benzene rings is 2. The summed E-state index contributed by atoms with van der Waals surface area (Å²) in [7, 11) is 0. The van der Waals surface area contributed by atoms with Gasteiger partial charge in [-0.05, 0) is 55.0 Å². The zero-order valence-electron chi connectivity index (χ0n) is 18.7. The summed E-state index contributed by atoms with van der Waals surface area (Å²) in [6, 6.07) is 15.3. The smallest absolute Gasteiger partial charge is 0.319 e. The number of carbonyl (C=O) groups is 1. The number of rotatable bonds is 7. The van der Waals surface area contributed by atoms with Gasteiger partial charge in [0.2, 0.25) is 0 Å². The number of carbonyl (C=O) groups excluding carboxylic acids is 1. The molecule has 2 aromatic rings. The van der Waals surface area contributed by atoms with E-state index in [0.717, 1.165) is 28.8 Å². The number of nitrogens with one attached hydrogen (secondary N) is 2. The minimum Gasteiger partial charge on any atom is -0.371 e. The van der Waals surface area contributed by atoms with Crippen molar-refractivity contribution in [2.24, 2.45) is 16.6 Å². The highest BCUT2D eigenvalue weighted by molar-refractivity contribution is 5.89. The third kappa shape index (κ3) is 5.76. The third-order valence-electron chi connectivity index (χ3n) is 5.44. The fraction of sp³-hybridized carbons (Fsp3) is 0.417. The van der Waals surface area contributed by atoms with Gasteiger partial charge in [0, 0.05) is 18.8 Å². The predicted molar refractivity (Wildman–Crippen MR) is 125 cm³/mol. The molecule has 5 N–H and O–H groups in total. The van der Waals surface area contributed by atoms with Crippen molar-refractivity contribution in [2.75, 3.05) is 5.32 Å². The lowest BCUT2D eigenvalue weighted by Crippen LogP contribution is -2.47. The number of aliphatic imine (C=N–C) groups is 1. The molecule has 0 saturated heterocycles.